The molecule has 0 spiro atoms. The molecular formula is C21H20N2O2. The smallest absolute Gasteiger partial charge is 0.185 e. The Morgan fingerprint density at radius 2 is 1.80 bits per heavy atom. The van der Waals surface area contributed by atoms with Crippen LogP contribution in [0.3, 0.4) is 0 Å². The normalized spacial score (nSPS) is 11.0. The lowest BCUT2D eigenvalue weighted by atomic mass is 10.1. The summed E-state index contributed by atoms with van der Waals surface area (Å²) in [4.78, 5) is 18.9. The third kappa shape index (κ3) is 3.86. The molecule has 0 saturated heterocycles. The molecule has 3 aromatic rings. The SMILES string of the molecule is COc1ccc2nc(/C=C/C(=O)c3ccc(N(C)C)cc3)ccc2c1. The lowest BCUT2D eigenvalue weighted by Crippen LogP contribution is -2.08. The van der Waals surface area contributed by atoms with E-state index < -0.39 is 0 Å². The number of allylic oxidation sites excluding steroid dienone is 1. The largest absolute Gasteiger partial charge is 0.497 e. The van der Waals surface area contributed by atoms with Crippen LogP contribution in [0.2, 0.25) is 0 Å². The number of nitrogens with zero attached hydrogens (tertiary/aromatic N) is 2. The zero-order valence-corrected chi connectivity index (χ0v) is 14.6. The second kappa shape index (κ2) is 7.18. The molecule has 0 saturated carbocycles. The van der Waals surface area contributed by atoms with Crippen molar-refractivity contribution in [2.75, 3.05) is 26.1 Å². The van der Waals surface area contributed by atoms with Gasteiger partial charge in [0.05, 0.1) is 18.3 Å². The average molecular weight is 332 g/mol. The van der Waals surface area contributed by atoms with E-state index in [1.165, 1.54) is 0 Å². The van der Waals surface area contributed by atoms with Gasteiger partial charge in [0.1, 0.15) is 5.75 Å². The molecule has 3 rings (SSSR count). The summed E-state index contributed by atoms with van der Waals surface area (Å²) in [6.45, 7) is 0. The van der Waals surface area contributed by atoms with E-state index in [1.54, 1.807) is 19.3 Å². The van der Waals surface area contributed by atoms with Crippen molar-refractivity contribution in [1.82, 2.24) is 4.98 Å². The minimum absolute atomic E-state index is 0.0399. The van der Waals surface area contributed by atoms with E-state index in [0.717, 1.165) is 28.0 Å². The molecule has 0 aliphatic rings. The van der Waals surface area contributed by atoms with Crippen LogP contribution in [0.25, 0.3) is 17.0 Å². The Bertz CT molecular complexity index is 928. The number of rotatable bonds is 5. The number of aromatic nitrogens is 1. The number of pyridine rings is 1. The summed E-state index contributed by atoms with van der Waals surface area (Å²) in [7, 11) is 5.58. The third-order valence-corrected chi connectivity index (χ3v) is 3.99. The van der Waals surface area contributed by atoms with Gasteiger partial charge in [0, 0.05) is 30.7 Å². The molecule has 4 heteroatoms. The second-order valence-corrected chi connectivity index (χ2v) is 5.93. The van der Waals surface area contributed by atoms with E-state index in [-0.39, 0.29) is 5.78 Å². The minimum Gasteiger partial charge on any atom is -0.497 e. The first-order valence-electron chi connectivity index (χ1n) is 8.01. The van der Waals surface area contributed by atoms with E-state index in [1.807, 2.05) is 73.6 Å². The molecule has 0 N–H and O–H groups in total. The van der Waals surface area contributed by atoms with Crippen LogP contribution in [0.5, 0.6) is 5.75 Å². The molecule has 0 bridgehead atoms. The van der Waals surface area contributed by atoms with Gasteiger partial charge >= 0.3 is 0 Å². The maximum atomic E-state index is 12.3. The van der Waals surface area contributed by atoms with Gasteiger partial charge in [-0.15, -0.1) is 0 Å². The number of ketones is 1. The summed E-state index contributed by atoms with van der Waals surface area (Å²) >= 11 is 0. The van der Waals surface area contributed by atoms with Crippen LogP contribution in [-0.4, -0.2) is 32.0 Å². The molecule has 4 nitrogen and oxygen atoms in total. The fraction of sp³-hybridized carbons (Fsp3) is 0.143. The highest BCUT2D eigenvalue weighted by Crippen LogP contribution is 2.20. The Hall–Kier alpha value is -3.14. The van der Waals surface area contributed by atoms with Crippen molar-refractivity contribution in [3.8, 4) is 5.75 Å². The zero-order valence-electron chi connectivity index (χ0n) is 14.6. The van der Waals surface area contributed by atoms with Gasteiger partial charge in [0.15, 0.2) is 5.78 Å². The first-order valence-corrected chi connectivity index (χ1v) is 8.01. The summed E-state index contributed by atoms with van der Waals surface area (Å²) in [5, 5.41) is 1.00. The molecule has 1 heterocycles. The highest BCUT2D eigenvalue weighted by atomic mass is 16.5. The molecule has 0 unspecified atom stereocenters. The fourth-order valence-electron chi connectivity index (χ4n) is 2.52. The van der Waals surface area contributed by atoms with Crippen molar-refractivity contribution in [1.29, 1.82) is 0 Å². The van der Waals surface area contributed by atoms with E-state index in [2.05, 4.69) is 4.98 Å². The summed E-state index contributed by atoms with van der Waals surface area (Å²) < 4.78 is 5.21. The van der Waals surface area contributed by atoms with E-state index in [0.29, 0.717) is 5.56 Å². The van der Waals surface area contributed by atoms with Crippen molar-refractivity contribution < 1.29 is 9.53 Å². The lowest BCUT2D eigenvalue weighted by Gasteiger charge is -2.11. The van der Waals surface area contributed by atoms with Gasteiger partial charge in [-0.3, -0.25) is 4.79 Å². The van der Waals surface area contributed by atoms with Crippen molar-refractivity contribution in [2.24, 2.45) is 0 Å². The number of fused-ring (bicyclic) bond motifs is 1. The van der Waals surface area contributed by atoms with Gasteiger partial charge in [-0.05, 0) is 60.7 Å². The van der Waals surface area contributed by atoms with Gasteiger partial charge in [-0.25, -0.2) is 4.98 Å². The molecule has 25 heavy (non-hydrogen) atoms. The van der Waals surface area contributed by atoms with E-state index in [4.69, 9.17) is 4.74 Å². The molecular weight excluding hydrogens is 312 g/mol. The van der Waals surface area contributed by atoms with Crippen LogP contribution in [0.15, 0.2) is 60.7 Å². The van der Waals surface area contributed by atoms with E-state index in [9.17, 15) is 4.79 Å². The lowest BCUT2D eigenvalue weighted by molar-refractivity contribution is 0.104. The van der Waals surface area contributed by atoms with Crippen LogP contribution in [0.4, 0.5) is 5.69 Å². The number of carbonyl (C=O) groups excluding carboxylic acids is 1. The zero-order chi connectivity index (χ0) is 17.8. The Morgan fingerprint density at radius 3 is 2.48 bits per heavy atom. The number of anilines is 1. The third-order valence-electron chi connectivity index (χ3n) is 3.99. The Balaban J connectivity index is 1.78. The quantitative estimate of drug-likeness (QED) is 0.518. The van der Waals surface area contributed by atoms with Gasteiger partial charge in [-0.2, -0.15) is 0 Å². The standard InChI is InChI=1S/C21H20N2O2/c1-23(2)18-9-5-15(6-10-18)21(24)13-8-17-7-4-16-14-19(25-3)11-12-20(16)22-17/h4-14H,1-3H3/b13-8+. The minimum atomic E-state index is -0.0399. The van der Waals surface area contributed by atoms with Crippen molar-refractivity contribution in [3.63, 3.8) is 0 Å². The topological polar surface area (TPSA) is 42.4 Å². The van der Waals surface area contributed by atoms with Crippen LogP contribution in [-0.2, 0) is 0 Å². The van der Waals surface area contributed by atoms with Gasteiger partial charge in [0.2, 0.25) is 0 Å². The number of benzene rings is 2. The molecule has 0 aliphatic carbocycles. The average Bonchev–Trinajstić information content (AvgIpc) is 2.65. The van der Waals surface area contributed by atoms with Crippen molar-refractivity contribution in [3.05, 3.63) is 71.9 Å². The predicted molar refractivity (Wildman–Crippen MR) is 102 cm³/mol. The molecule has 0 fully saturated rings. The number of carbonyl (C=O) groups is 1. The molecule has 0 amide bonds. The molecule has 2 aromatic carbocycles. The first kappa shape index (κ1) is 16.7. The molecule has 0 atom stereocenters. The highest BCUT2D eigenvalue weighted by Gasteiger charge is 2.03. The molecule has 126 valence electrons. The molecule has 1 aromatic heterocycles. The van der Waals surface area contributed by atoms with Gasteiger partial charge in [0.25, 0.3) is 0 Å². The van der Waals surface area contributed by atoms with Crippen LogP contribution < -0.4 is 9.64 Å². The van der Waals surface area contributed by atoms with Crippen molar-refractivity contribution in [2.45, 2.75) is 0 Å². The molecule has 0 aliphatic heterocycles. The summed E-state index contributed by atoms with van der Waals surface area (Å²) in [5.41, 5.74) is 3.33. The fourth-order valence-corrected chi connectivity index (χ4v) is 2.52. The van der Waals surface area contributed by atoms with Crippen LogP contribution in [0.1, 0.15) is 16.1 Å². The number of hydrogen-bond acceptors (Lipinski definition) is 4. The number of ether oxygens (including phenoxy) is 1. The summed E-state index contributed by atoms with van der Waals surface area (Å²) in [5.74, 6) is 0.760. The predicted octanol–water partition coefficient (Wildman–Crippen LogP) is 4.21. The molecule has 0 radical (unpaired) electrons. The van der Waals surface area contributed by atoms with Crippen LogP contribution >= 0.6 is 0 Å². The summed E-state index contributed by atoms with van der Waals surface area (Å²) in [6.07, 6.45) is 3.30. The number of methoxy groups -OCH3 is 1. The Morgan fingerprint density at radius 1 is 1.04 bits per heavy atom. The van der Waals surface area contributed by atoms with E-state index >= 15 is 0 Å². The van der Waals surface area contributed by atoms with Crippen molar-refractivity contribution >= 4 is 28.4 Å². The maximum Gasteiger partial charge on any atom is 0.185 e. The highest BCUT2D eigenvalue weighted by molar-refractivity contribution is 6.07. The van der Waals surface area contributed by atoms with Gasteiger partial charge in [-0.1, -0.05) is 6.07 Å². The number of hydrogen-bond donors (Lipinski definition) is 0. The Labute approximate surface area is 147 Å². The maximum absolute atomic E-state index is 12.3. The van der Waals surface area contributed by atoms with Crippen LogP contribution in [0, 0.1) is 0 Å². The second-order valence-electron chi connectivity index (χ2n) is 5.93. The van der Waals surface area contributed by atoms with Gasteiger partial charge < -0.3 is 9.64 Å². The Kier molecular flexibility index (Phi) is 4.80. The monoisotopic (exact) mass is 332 g/mol. The summed E-state index contributed by atoms with van der Waals surface area (Å²) in [6, 6.07) is 17.1. The first-order chi connectivity index (χ1) is 12.1.